The molecule has 0 rings (SSSR count). The molecule has 0 aromatic carbocycles. The smallest absolute Gasteiger partial charge is 0.737 e. The predicted octanol–water partition coefficient (Wildman–Crippen LogP) is -4.38. The van der Waals surface area contributed by atoms with Crippen LogP contribution in [-0.2, 0) is 57.2 Å². The third-order valence-electron chi connectivity index (χ3n) is 6.52. The molecule has 0 aliphatic carbocycles. The molecule has 316 valence electrons. The Morgan fingerprint density at radius 3 is 1.00 bits per heavy atom. The summed E-state index contributed by atoms with van der Waals surface area (Å²) in [5.41, 5.74) is 0. The molecule has 54 heavy (non-hydrogen) atoms. The molecule has 0 radical (unpaired) electrons. The van der Waals surface area contributed by atoms with Crippen molar-refractivity contribution in [3.63, 3.8) is 0 Å². The van der Waals surface area contributed by atoms with E-state index in [0.717, 1.165) is 10.0 Å². The van der Waals surface area contributed by atoms with E-state index in [9.17, 15) is 20.8 Å². The molecule has 2 N–H and O–H groups in total. The van der Waals surface area contributed by atoms with Gasteiger partial charge in [-0.25, -0.2) is 0 Å². The molecule has 0 unspecified atom stereocenters. The summed E-state index contributed by atoms with van der Waals surface area (Å²) in [7, 11) is 2.76. The monoisotopic (exact) mass is 882 g/mol. The van der Waals surface area contributed by atoms with Crippen molar-refractivity contribution in [1.82, 2.24) is 10.0 Å². The van der Waals surface area contributed by atoms with Crippen molar-refractivity contribution in [3.8, 4) is 0 Å². The third-order valence-corrected chi connectivity index (χ3v) is 17.9. The predicted molar refractivity (Wildman–Crippen MR) is 193 cm³/mol. The van der Waals surface area contributed by atoms with Crippen LogP contribution >= 0.6 is 0 Å². The molecule has 0 saturated carbocycles. The third kappa shape index (κ3) is 26.3. The van der Waals surface area contributed by atoms with Gasteiger partial charge in [-0.1, -0.05) is 0 Å². The first-order valence-corrected chi connectivity index (χ1v) is 23.0. The summed E-state index contributed by atoms with van der Waals surface area (Å²) in [4.78, 5) is -0.0438. The normalized spacial score (nSPS) is 12.2. The van der Waals surface area contributed by atoms with Gasteiger partial charge in [0.1, 0.15) is 0 Å². The van der Waals surface area contributed by atoms with Gasteiger partial charge >= 0.3 is 94.8 Å². The SMILES string of the molecule is CCO[Si](OCC)(OCC)OCC.CO[Si](CCCN(C)[N+]([O-])=N[O-])(OC)OC.CO[Si](CCCN(C)[N+]([O-])=N[O-])(OC)O[Si](OC)(OC)OC.O.[Na+].[Na+]. The minimum absolute atomic E-state index is 0. The Morgan fingerprint density at radius 1 is 0.500 bits per heavy atom. The van der Waals surface area contributed by atoms with E-state index < -0.39 is 35.7 Å². The Bertz CT molecular complexity index is 865. The van der Waals surface area contributed by atoms with E-state index in [4.69, 9.17) is 57.2 Å². The van der Waals surface area contributed by atoms with Crippen LogP contribution in [0.15, 0.2) is 10.6 Å². The van der Waals surface area contributed by atoms with E-state index in [1.807, 2.05) is 27.7 Å². The molecule has 0 aliphatic heterocycles. The van der Waals surface area contributed by atoms with Crippen LogP contribution in [-0.4, -0.2) is 172 Å². The first-order valence-electron chi connectivity index (χ1n) is 15.9. The van der Waals surface area contributed by atoms with Crippen molar-refractivity contribution in [3.05, 3.63) is 20.8 Å². The van der Waals surface area contributed by atoms with Gasteiger partial charge in [0.15, 0.2) is 0 Å². The molecule has 0 saturated heterocycles. The van der Waals surface area contributed by atoms with Crippen LogP contribution in [0.2, 0.25) is 12.1 Å². The summed E-state index contributed by atoms with van der Waals surface area (Å²) in [6.45, 7) is 10.4. The zero-order chi connectivity index (χ0) is 40.0. The Balaban J connectivity index is -0.000000161. The fourth-order valence-corrected chi connectivity index (χ4v) is 12.7. The Labute approximate surface area is 369 Å². The van der Waals surface area contributed by atoms with Crippen LogP contribution < -0.4 is 59.1 Å². The van der Waals surface area contributed by atoms with Crippen LogP contribution in [0.4, 0.5) is 0 Å². The van der Waals surface area contributed by atoms with Crippen molar-refractivity contribution in [1.29, 1.82) is 0 Å². The summed E-state index contributed by atoms with van der Waals surface area (Å²) < 4.78 is 69.5. The van der Waals surface area contributed by atoms with Gasteiger partial charge in [-0.05, 0) is 51.1 Å². The van der Waals surface area contributed by atoms with Gasteiger partial charge in [-0.3, -0.25) is 0 Å². The Kier molecular flexibility index (Phi) is 47.5. The first kappa shape index (κ1) is 66.1. The summed E-state index contributed by atoms with van der Waals surface area (Å²) in [5, 5.41) is 48.6. The quantitative estimate of drug-likeness (QED) is 0.0310. The number of hydrogen-bond donors (Lipinski definition) is 0. The molecular formula is C24H64N6Na2O18Si4. The molecule has 24 nitrogen and oxygen atoms in total. The van der Waals surface area contributed by atoms with Crippen LogP contribution in [0.25, 0.3) is 0 Å². The van der Waals surface area contributed by atoms with E-state index in [0.29, 0.717) is 57.9 Å². The van der Waals surface area contributed by atoms with Gasteiger partial charge < -0.3 is 83.5 Å². The fraction of sp³-hybridized carbons (Fsp3) is 1.00. The van der Waals surface area contributed by atoms with E-state index in [-0.39, 0.29) is 81.1 Å². The van der Waals surface area contributed by atoms with E-state index in [2.05, 4.69) is 10.6 Å². The van der Waals surface area contributed by atoms with E-state index in [1.165, 1.54) is 71.0 Å². The maximum Gasteiger partial charge on any atom is 1.00 e. The molecule has 0 aromatic rings. The standard InChI is InChI=1S/C9H25N3O8Si2.C8H20O4Si.C7H19N3O5Si.2Na.H2O/c1-11(12(14)10-13)8-7-9-21(15-2,16-3)20-22(17-4,18-5)19-6;1-5-9-13(10-6-2,11-7-3)12-8-4;1-9(10(12)8-11)6-5-7-16(13-2,14-3)15-4;;;/h13H,7-9H2,1-6H3;5-8H2,1-4H3;11H,5-7H2,1-4H3;;;1H2/q;;;2*+1;/p-2. The van der Waals surface area contributed by atoms with E-state index in [1.54, 1.807) is 0 Å². The van der Waals surface area contributed by atoms with Crippen LogP contribution in [0.3, 0.4) is 0 Å². The molecular weight excluding hydrogens is 819 g/mol. The Morgan fingerprint density at radius 2 is 0.778 bits per heavy atom. The molecule has 0 bridgehead atoms. The first-order chi connectivity index (χ1) is 24.2. The second kappa shape index (κ2) is 38.8. The summed E-state index contributed by atoms with van der Waals surface area (Å²) in [6, 6.07) is 0.926. The summed E-state index contributed by atoms with van der Waals surface area (Å²) in [5.74, 6) is 0. The molecule has 0 fully saturated rings. The van der Waals surface area contributed by atoms with Crippen molar-refractivity contribution in [2.75, 3.05) is 110 Å². The van der Waals surface area contributed by atoms with Crippen LogP contribution in [0.5, 0.6) is 0 Å². The van der Waals surface area contributed by atoms with E-state index >= 15 is 0 Å². The van der Waals surface area contributed by atoms with Gasteiger partial charge in [-0.2, -0.15) is 10.0 Å². The fourth-order valence-electron chi connectivity index (χ4n) is 3.85. The van der Waals surface area contributed by atoms with Crippen molar-refractivity contribution < 1.29 is 132 Å². The van der Waals surface area contributed by atoms with Gasteiger partial charge in [-0.15, -0.1) is 0 Å². The van der Waals surface area contributed by atoms with Crippen LogP contribution in [0, 0.1) is 20.8 Å². The van der Waals surface area contributed by atoms with Crippen molar-refractivity contribution >= 4 is 35.7 Å². The molecule has 0 amide bonds. The minimum Gasteiger partial charge on any atom is -0.737 e. The zero-order valence-electron chi connectivity index (χ0n) is 35.2. The zero-order valence-corrected chi connectivity index (χ0v) is 43.2. The Hall–Kier alpha value is 0.308. The van der Waals surface area contributed by atoms with Gasteiger partial charge in [0.2, 0.25) is 0 Å². The van der Waals surface area contributed by atoms with Gasteiger partial charge in [0, 0.05) is 105 Å². The molecule has 0 heterocycles. The average Bonchev–Trinajstić information content (AvgIpc) is 3.15. The van der Waals surface area contributed by atoms with Gasteiger partial charge in [0.05, 0.1) is 27.2 Å². The maximum absolute atomic E-state index is 11.0. The minimum atomic E-state index is -3.34. The molecule has 0 aliphatic rings. The number of hydrogen-bond acceptors (Lipinski definition) is 19. The number of rotatable bonds is 28. The maximum atomic E-state index is 11.0. The summed E-state index contributed by atoms with van der Waals surface area (Å²) >= 11 is 0. The number of hydrazine groups is 2. The second-order valence-corrected chi connectivity index (χ2v) is 20.4. The van der Waals surface area contributed by atoms with Crippen molar-refractivity contribution in [2.45, 2.75) is 52.6 Å². The summed E-state index contributed by atoms with van der Waals surface area (Å²) in [6.07, 6.45) is 1.06. The molecule has 0 aromatic heterocycles. The number of nitrogens with zero attached hydrogens (tertiary/aromatic N) is 6. The average molecular weight is 883 g/mol. The largest absolute Gasteiger partial charge is 1.00 e. The van der Waals surface area contributed by atoms with Gasteiger partial charge in [0.25, 0.3) is 0 Å². The topological polar surface area (TPSA) is 281 Å². The van der Waals surface area contributed by atoms with Crippen LogP contribution in [0.1, 0.15) is 40.5 Å². The van der Waals surface area contributed by atoms with Crippen molar-refractivity contribution in [2.24, 2.45) is 10.6 Å². The molecule has 30 heteroatoms. The second-order valence-electron chi connectivity index (χ2n) is 9.47. The molecule has 0 atom stereocenters. The molecule has 0 spiro atoms.